The number of unbranched alkanes of at least 4 members (excludes halogenated alkanes) is 13. The molecule has 0 rings (SSSR count). The van der Waals surface area contributed by atoms with Gasteiger partial charge in [-0.25, -0.2) is 0 Å². The van der Waals surface area contributed by atoms with E-state index < -0.39 is 7.37 Å². The molecule has 0 N–H and O–H groups in total. The van der Waals surface area contributed by atoms with Gasteiger partial charge in [-0.15, -0.1) is 0 Å². The first-order valence-electron chi connectivity index (χ1n) is 9.26. The molecule has 0 heterocycles. The van der Waals surface area contributed by atoms with Crippen LogP contribution in [0.1, 0.15) is 96.8 Å². The van der Waals surface area contributed by atoms with Gasteiger partial charge in [0.15, 0.2) is 7.37 Å². The fourth-order valence-electron chi connectivity index (χ4n) is 2.58. The first-order valence-corrected chi connectivity index (χ1v) is 11.8. The molecular formula is C18H39O2P. The Bertz CT molecular complexity index is 248. The third-order valence-electron chi connectivity index (χ3n) is 3.90. The highest BCUT2D eigenvalue weighted by Gasteiger charge is 2.05. The average Bonchev–Trinajstić information content (AvgIpc) is 2.42. The van der Waals surface area contributed by atoms with Crippen molar-refractivity contribution in [2.45, 2.75) is 96.8 Å². The SMILES string of the molecule is CCCCCCCCCCCCCCCCOP(C)(C)=O. The van der Waals surface area contributed by atoms with Crippen LogP contribution in [0, 0.1) is 0 Å². The molecule has 0 bridgehead atoms. The van der Waals surface area contributed by atoms with Crippen LogP contribution in [0.2, 0.25) is 0 Å². The number of hydrogen-bond donors (Lipinski definition) is 0. The molecule has 0 saturated carbocycles. The van der Waals surface area contributed by atoms with Gasteiger partial charge in [0.1, 0.15) is 0 Å². The number of hydrogen-bond acceptors (Lipinski definition) is 2. The molecule has 0 aliphatic rings. The molecule has 3 heteroatoms. The Kier molecular flexibility index (Phi) is 15.2. The number of rotatable bonds is 16. The fraction of sp³-hybridized carbons (Fsp3) is 1.00. The van der Waals surface area contributed by atoms with Gasteiger partial charge in [-0.2, -0.15) is 0 Å². The molecule has 0 radical (unpaired) electrons. The molecule has 0 atom stereocenters. The van der Waals surface area contributed by atoms with Crippen molar-refractivity contribution in [1.29, 1.82) is 0 Å². The highest BCUT2D eigenvalue weighted by atomic mass is 31.2. The maximum absolute atomic E-state index is 11.3. The summed E-state index contributed by atoms with van der Waals surface area (Å²) in [4.78, 5) is 0. The maximum atomic E-state index is 11.3. The van der Waals surface area contributed by atoms with Crippen molar-refractivity contribution >= 4 is 7.37 Å². The molecule has 0 aromatic rings. The Morgan fingerprint density at radius 3 is 1.29 bits per heavy atom. The monoisotopic (exact) mass is 318 g/mol. The van der Waals surface area contributed by atoms with Crippen molar-refractivity contribution < 1.29 is 9.09 Å². The van der Waals surface area contributed by atoms with Crippen molar-refractivity contribution in [2.75, 3.05) is 19.9 Å². The summed E-state index contributed by atoms with van der Waals surface area (Å²) < 4.78 is 16.6. The third-order valence-corrected chi connectivity index (χ3v) is 4.70. The van der Waals surface area contributed by atoms with E-state index in [0.29, 0.717) is 6.61 Å². The van der Waals surface area contributed by atoms with Gasteiger partial charge in [0.2, 0.25) is 0 Å². The van der Waals surface area contributed by atoms with E-state index in [0.717, 1.165) is 6.42 Å². The van der Waals surface area contributed by atoms with Crippen molar-refractivity contribution in [1.82, 2.24) is 0 Å². The highest BCUT2D eigenvalue weighted by molar-refractivity contribution is 7.57. The van der Waals surface area contributed by atoms with Crippen LogP contribution < -0.4 is 0 Å². The smallest absolute Gasteiger partial charge is 0.197 e. The molecule has 0 fully saturated rings. The van der Waals surface area contributed by atoms with Crippen LogP contribution in [0.5, 0.6) is 0 Å². The van der Waals surface area contributed by atoms with Crippen LogP contribution in [-0.2, 0) is 9.09 Å². The van der Waals surface area contributed by atoms with Gasteiger partial charge < -0.3 is 4.52 Å². The summed E-state index contributed by atoms with van der Waals surface area (Å²) in [5.41, 5.74) is 0. The summed E-state index contributed by atoms with van der Waals surface area (Å²) in [5, 5.41) is 0. The zero-order valence-corrected chi connectivity index (χ0v) is 15.8. The van der Waals surface area contributed by atoms with Gasteiger partial charge in [0.25, 0.3) is 0 Å². The minimum absolute atomic E-state index is 0.669. The van der Waals surface area contributed by atoms with Crippen molar-refractivity contribution in [2.24, 2.45) is 0 Å². The molecule has 0 aliphatic heterocycles. The van der Waals surface area contributed by atoms with Gasteiger partial charge in [0.05, 0.1) is 6.61 Å². The van der Waals surface area contributed by atoms with Crippen LogP contribution in [0.15, 0.2) is 0 Å². The topological polar surface area (TPSA) is 26.3 Å². The van der Waals surface area contributed by atoms with E-state index in [1.54, 1.807) is 13.3 Å². The summed E-state index contributed by atoms with van der Waals surface area (Å²) in [6.45, 7) is 6.33. The minimum Gasteiger partial charge on any atom is -0.329 e. The van der Waals surface area contributed by atoms with E-state index in [1.165, 1.54) is 83.5 Å². The van der Waals surface area contributed by atoms with E-state index in [4.69, 9.17) is 4.52 Å². The Morgan fingerprint density at radius 1 is 0.619 bits per heavy atom. The summed E-state index contributed by atoms with van der Waals surface area (Å²) in [7, 11) is -2.25. The molecule has 2 nitrogen and oxygen atoms in total. The Balaban J connectivity index is 3.01. The van der Waals surface area contributed by atoms with E-state index >= 15 is 0 Å². The second-order valence-corrected chi connectivity index (χ2v) is 9.44. The van der Waals surface area contributed by atoms with Crippen LogP contribution in [0.4, 0.5) is 0 Å². The molecule has 0 amide bonds. The zero-order valence-electron chi connectivity index (χ0n) is 14.9. The van der Waals surface area contributed by atoms with Crippen LogP contribution >= 0.6 is 7.37 Å². The molecule has 0 unspecified atom stereocenters. The molecule has 0 aromatic heterocycles. The lowest BCUT2D eigenvalue weighted by Crippen LogP contribution is -1.91. The quantitative estimate of drug-likeness (QED) is 0.226. The first-order chi connectivity index (χ1) is 10.1. The van der Waals surface area contributed by atoms with Gasteiger partial charge in [-0.1, -0.05) is 90.4 Å². The van der Waals surface area contributed by atoms with Gasteiger partial charge >= 0.3 is 0 Å². The second-order valence-electron chi connectivity index (χ2n) is 6.68. The van der Waals surface area contributed by atoms with Gasteiger partial charge in [0, 0.05) is 13.3 Å². The van der Waals surface area contributed by atoms with E-state index in [-0.39, 0.29) is 0 Å². The van der Waals surface area contributed by atoms with Crippen molar-refractivity contribution in [3.05, 3.63) is 0 Å². The molecule has 0 aromatic carbocycles. The van der Waals surface area contributed by atoms with Gasteiger partial charge in [-0.05, 0) is 6.42 Å². The van der Waals surface area contributed by atoms with Crippen LogP contribution in [-0.4, -0.2) is 19.9 Å². The Morgan fingerprint density at radius 2 is 0.952 bits per heavy atom. The third kappa shape index (κ3) is 20.2. The lowest BCUT2D eigenvalue weighted by atomic mass is 10.0. The first kappa shape index (κ1) is 21.2. The average molecular weight is 318 g/mol. The maximum Gasteiger partial charge on any atom is 0.197 e. The summed E-state index contributed by atoms with van der Waals surface area (Å²) in [5.74, 6) is 0. The van der Waals surface area contributed by atoms with Crippen molar-refractivity contribution in [3.8, 4) is 0 Å². The zero-order chi connectivity index (χ0) is 15.8. The largest absolute Gasteiger partial charge is 0.329 e. The second kappa shape index (κ2) is 15.1. The van der Waals surface area contributed by atoms with E-state index in [9.17, 15) is 4.57 Å². The summed E-state index contributed by atoms with van der Waals surface area (Å²) >= 11 is 0. The summed E-state index contributed by atoms with van der Waals surface area (Å²) in [6.07, 6.45) is 19.1. The fourth-order valence-corrected chi connectivity index (χ4v) is 3.15. The van der Waals surface area contributed by atoms with Gasteiger partial charge in [-0.3, -0.25) is 4.57 Å². The van der Waals surface area contributed by atoms with Crippen LogP contribution in [0.25, 0.3) is 0 Å². The highest BCUT2D eigenvalue weighted by Crippen LogP contribution is 2.37. The predicted molar refractivity (Wildman–Crippen MR) is 95.7 cm³/mol. The lowest BCUT2D eigenvalue weighted by molar-refractivity contribution is 0.308. The minimum atomic E-state index is -2.25. The molecule has 21 heavy (non-hydrogen) atoms. The van der Waals surface area contributed by atoms with Crippen LogP contribution in [0.3, 0.4) is 0 Å². The molecule has 0 aliphatic carbocycles. The molecule has 0 spiro atoms. The standard InChI is InChI=1S/C18H39O2P/c1-4-5-6-7-8-9-10-11-12-13-14-15-16-17-18-20-21(2,3)19/h4-18H2,1-3H3. The van der Waals surface area contributed by atoms with E-state index in [1.807, 2.05) is 0 Å². The van der Waals surface area contributed by atoms with E-state index in [2.05, 4.69) is 6.92 Å². The molecule has 0 saturated heterocycles. The molecular weight excluding hydrogens is 279 g/mol. The Hall–Kier alpha value is 0.190. The lowest BCUT2D eigenvalue weighted by Gasteiger charge is -2.07. The molecule has 128 valence electrons. The normalized spacial score (nSPS) is 12.0. The van der Waals surface area contributed by atoms with Crippen molar-refractivity contribution in [3.63, 3.8) is 0 Å². The predicted octanol–water partition coefficient (Wildman–Crippen LogP) is 7.02. The summed E-state index contributed by atoms with van der Waals surface area (Å²) in [6, 6.07) is 0. The Labute approximate surface area is 133 Å².